The maximum Gasteiger partial charge on any atom is 0.303 e. The summed E-state index contributed by atoms with van der Waals surface area (Å²) in [6, 6.07) is 0. The fourth-order valence-corrected chi connectivity index (χ4v) is 12.1. The number of hydrogen-bond donors (Lipinski definition) is 1. The van der Waals surface area contributed by atoms with E-state index in [0.717, 1.165) is 82.9 Å². The number of carbonyl (C=O) groups is 1. The van der Waals surface area contributed by atoms with E-state index in [-0.39, 0.29) is 0 Å². The van der Waals surface area contributed by atoms with Crippen LogP contribution in [0.1, 0.15) is 38.5 Å². The number of aliphatic carboxylic acids is 1. The van der Waals surface area contributed by atoms with Gasteiger partial charge in [0.15, 0.2) is 0 Å². The molecule has 0 spiro atoms. The standard InChI is InChI=1S/C24H30O2/c25-18(26)6-11-4-12-5-13(11)22-17-8-16(21(12)22)23-14-7-15(24(17)23)20-10-2-1-9(3-10)19(14)20/h1-2,9-17,19-24H,3-8H2,(H,25,26). The zero-order chi connectivity index (χ0) is 16.9. The van der Waals surface area contributed by atoms with Crippen molar-refractivity contribution in [1.29, 1.82) is 0 Å². The van der Waals surface area contributed by atoms with Gasteiger partial charge in [0.2, 0.25) is 0 Å². The predicted octanol–water partition coefficient (Wildman–Crippen LogP) is 4.32. The van der Waals surface area contributed by atoms with Gasteiger partial charge in [0, 0.05) is 6.42 Å². The van der Waals surface area contributed by atoms with E-state index in [1.54, 1.807) is 12.8 Å². The molecule has 0 heterocycles. The summed E-state index contributed by atoms with van der Waals surface area (Å²) >= 11 is 0. The highest BCUT2D eigenvalue weighted by molar-refractivity contribution is 5.67. The molecule has 7 saturated carbocycles. The lowest BCUT2D eigenvalue weighted by molar-refractivity contribution is -0.139. The van der Waals surface area contributed by atoms with E-state index < -0.39 is 5.97 Å². The summed E-state index contributed by atoms with van der Waals surface area (Å²) in [7, 11) is 0. The van der Waals surface area contributed by atoms with Crippen LogP contribution < -0.4 is 0 Å². The Morgan fingerprint density at radius 1 is 0.692 bits per heavy atom. The van der Waals surface area contributed by atoms with E-state index in [0.29, 0.717) is 12.3 Å². The van der Waals surface area contributed by atoms with Gasteiger partial charge >= 0.3 is 5.97 Å². The van der Waals surface area contributed by atoms with Crippen molar-refractivity contribution in [2.45, 2.75) is 38.5 Å². The van der Waals surface area contributed by atoms with Crippen LogP contribution in [0.15, 0.2) is 12.2 Å². The Morgan fingerprint density at radius 2 is 1.27 bits per heavy atom. The van der Waals surface area contributed by atoms with Crippen molar-refractivity contribution in [2.75, 3.05) is 0 Å². The van der Waals surface area contributed by atoms with E-state index in [9.17, 15) is 9.90 Å². The van der Waals surface area contributed by atoms with Crippen molar-refractivity contribution in [3.05, 3.63) is 12.2 Å². The minimum Gasteiger partial charge on any atom is -0.481 e. The average Bonchev–Trinajstić information content (AvgIpc) is 3.44. The van der Waals surface area contributed by atoms with Crippen molar-refractivity contribution in [3.8, 4) is 0 Å². The molecule has 8 bridgehead atoms. The van der Waals surface area contributed by atoms with Gasteiger partial charge < -0.3 is 5.11 Å². The number of hydrogen-bond acceptors (Lipinski definition) is 1. The molecule has 15 atom stereocenters. The second-order valence-corrected chi connectivity index (χ2v) is 11.8. The van der Waals surface area contributed by atoms with Crippen LogP contribution in [0.3, 0.4) is 0 Å². The molecule has 15 unspecified atom stereocenters. The second kappa shape index (κ2) is 4.28. The maximum atomic E-state index is 11.4. The first-order valence-corrected chi connectivity index (χ1v) is 11.6. The zero-order valence-electron chi connectivity index (χ0n) is 15.4. The molecule has 26 heavy (non-hydrogen) atoms. The van der Waals surface area contributed by atoms with Gasteiger partial charge in [-0.25, -0.2) is 0 Å². The van der Waals surface area contributed by atoms with Gasteiger partial charge in [-0.1, -0.05) is 12.2 Å². The fraction of sp³-hybridized carbons (Fsp3) is 0.875. The predicted molar refractivity (Wildman–Crippen MR) is 96.8 cm³/mol. The third-order valence-electron chi connectivity index (χ3n) is 11.8. The average molecular weight is 351 g/mol. The summed E-state index contributed by atoms with van der Waals surface area (Å²) in [5.41, 5.74) is 0. The Balaban J connectivity index is 1.16. The first-order chi connectivity index (χ1) is 12.7. The van der Waals surface area contributed by atoms with Gasteiger partial charge in [0.1, 0.15) is 0 Å². The number of allylic oxidation sites excluding steroid dienone is 2. The quantitative estimate of drug-likeness (QED) is 0.595. The monoisotopic (exact) mass is 350 g/mol. The van der Waals surface area contributed by atoms with Crippen LogP contribution in [0.2, 0.25) is 0 Å². The van der Waals surface area contributed by atoms with Gasteiger partial charge in [-0.3, -0.25) is 4.79 Å². The van der Waals surface area contributed by atoms with Crippen molar-refractivity contribution in [2.24, 2.45) is 88.8 Å². The number of rotatable bonds is 2. The summed E-state index contributed by atoms with van der Waals surface area (Å²) in [6.45, 7) is 0. The molecule has 0 aromatic rings. The molecule has 0 amide bonds. The third kappa shape index (κ3) is 1.35. The molecule has 2 nitrogen and oxygen atoms in total. The summed E-state index contributed by atoms with van der Waals surface area (Å²) in [5, 5.41) is 9.37. The van der Waals surface area contributed by atoms with Crippen LogP contribution >= 0.6 is 0 Å². The van der Waals surface area contributed by atoms with Crippen LogP contribution in [0.5, 0.6) is 0 Å². The molecule has 0 aromatic carbocycles. The Hall–Kier alpha value is -0.790. The van der Waals surface area contributed by atoms with Crippen molar-refractivity contribution in [3.63, 3.8) is 0 Å². The van der Waals surface area contributed by atoms with Crippen molar-refractivity contribution >= 4 is 5.97 Å². The molecule has 0 saturated heterocycles. The Morgan fingerprint density at radius 3 is 1.92 bits per heavy atom. The molecule has 0 aromatic heterocycles. The molecule has 8 rings (SSSR count). The lowest BCUT2D eigenvalue weighted by Gasteiger charge is -2.50. The van der Waals surface area contributed by atoms with Crippen LogP contribution in [0.25, 0.3) is 0 Å². The first-order valence-electron chi connectivity index (χ1n) is 11.6. The number of carboxylic acid groups (broad SMARTS) is 1. The molecule has 0 aliphatic heterocycles. The van der Waals surface area contributed by atoms with Crippen LogP contribution in [-0.2, 0) is 4.79 Å². The van der Waals surface area contributed by atoms with Gasteiger partial charge in [-0.15, -0.1) is 0 Å². The largest absolute Gasteiger partial charge is 0.481 e. The van der Waals surface area contributed by atoms with Gasteiger partial charge in [0.25, 0.3) is 0 Å². The maximum absolute atomic E-state index is 11.4. The molecule has 8 aliphatic rings. The number of carboxylic acids is 1. The zero-order valence-corrected chi connectivity index (χ0v) is 15.4. The molecule has 0 radical (unpaired) electrons. The highest BCUT2D eigenvalue weighted by Crippen LogP contribution is 2.81. The SMILES string of the molecule is O=C(O)CC1CC2CC1C1C3CC(C21)C1C2CC(C4C5C=CC(C5)C24)C31. The van der Waals surface area contributed by atoms with Crippen molar-refractivity contribution in [1.82, 2.24) is 0 Å². The van der Waals surface area contributed by atoms with Crippen LogP contribution in [-0.4, -0.2) is 11.1 Å². The lowest BCUT2D eigenvalue weighted by atomic mass is 9.54. The molecular weight excluding hydrogens is 320 g/mol. The van der Waals surface area contributed by atoms with Gasteiger partial charge in [-0.05, 0) is 121 Å². The molecule has 1 N–H and O–H groups in total. The van der Waals surface area contributed by atoms with Crippen LogP contribution in [0, 0.1) is 88.8 Å². The normalized spacial score (nSPS) is 69.5. The highest BCUT2D eigenvalue weighted by atomic mass is 16.4. The Kier molecular flexibility index (Phi) is 2.34. The molecule has 2 heteroatoms. The van der Waals surface area contributed by atoms with E-state index >= 15 is 0 Å². The molecule has 8 aliphatic carbocycles. The number of fused-ring (bicyclic) bond motifs is 23. The fourth-order valence-electron chi connectivity index (χ4n) is 12.1. The summed E-state index contributed by atoms with van der Waals surface area (Å²) in [6.07, 6.45) is 12.9. The minimum absolute atomic E-state index is 0.459. The van der Waals surface area contributed by atoms with Crippen molar-refractivity contribution < 1.29 is 9.90 Å². The first kappa shape index (κ1) is 14.2. The smallest absolute Gasteiger partial charge is 0.303 e. The summed E-state index contributed by atoms with van der Waals surface area (Å²) < 4.78 is 0. The third-order valence-corrected chi connectivity index (χ3v) is 11.8. The minimum atomic E-state index is -0.545. The van der Waals surface area contributed by atoms with E-state index in [4.69, 9.17) is 0 Å². The summed E-state index contributed by atoms with van der Waals surface area (Å²) in [4.78, 5) is 11.4. The lowest BCUT2D eigenvalue weighted by Crippen LogP contribution is -2.47. The van der Waals surface area contributed by atoms with Crippen LogP contribution in [0.4, 0.5) is 0 Å². The molecule has 138 valence electrons. The molecule has 7 fully saturated rings. The Labute approximate surface area is 155 Å². The van der Waals surface area contributed by atoms with E-state index in [1.807, 2.05) is 0 Å². The van der Waals surface area contributed by atoms with E-state index in [2.05, 4.69) is 12.2 Å². The summed E-state index contributed by atoms with van der Waals surface area (Å²) in [5.74, 6) is 14.0. The second-order valence-electron chi connectivity index (χ2n) is 11.8. The topological polar surface area (TPSA) is 37.3 Å². The van der Waals surface area contributed by atoms with Gasteiger partial charge in [0.05, 0.1) is 0 Å². The Bertz CT molecular complexity index is 740. The molecular formula is C24H30O2. The van der Waals surface area contributed by atoms with Gasteiger partial charge in [-0.2, -0.15) is 0 Å². The highest BCUT2D eigenvalue weighted by Gasteiger charge is 2.75. The van der Waals surface area contributed by atoms with E-state index in [1.165, 1.54) is 19.3 Å².